The standard InChI is InChI=1S/C20H21ClO6/c1-2-26-13-8-6-11(7-9-13)10-12-4-3-5-14(15(12)21)19-17(23)16(22)18(24)20(25)27-19/h3-9,16-19,22-24H,2,10H2,1H3/t16-,17-,18+,19+/m1/s1. The molecule has 1 aliphatic rings. The van der Waals surface area contributed by atoms with Crippen LogP contribution in [0.2, 0.25) is 5.02 Å². The van der Waals surface area contributed by atoms with Crippen molar-refractivity contribution in [3.05, 3.63) is 64.2 Å². The minimum atomic E-state index is -1.78. The average Bonchev–Trinajstić information content (AvgIpc) is 2.67. The number of aliphatic hydroxyl groups excluding tert-OH is 3. The van der Waals surface area contributed by atoms with Crippen LogP contribution in [0.3, 0.4) is 0 Å². The predicted octanol–water partition coefficient (Wildman–Crippen LogP) is 2.01. The molecule has 3 N–H and O–H groups in total. The van der Waals surface area contributed by atoms with Crippen molar-refractivity contribution in [3.63, 3.8) is 0 Å². The zero-order chi connectivity index (χ0) is 19.6. The SMILES string of the molecule is CCOc1ccc(Cc2cccc([C@@H]3OC(=O)[C@@H](O)[C@H](O)[C@H]3O)c2Cl)cc1. The summed E-state index contributed by atoms with van der Waals surface area (Å²) in [5, 5.41) is 29.9. The third kappa shape index (κ3) is 4.09. The topological polar surface area (TPSA) is 96.2 Å². The van der Waals surface area contributed by atoms with E-state index in [0.29, 0.717) is 23.6 Å². The summed E-state index contributed by atoms with van der Waals surface area (Å²) in [6, 6.07) is 12.8. The van der Waals surface area contributed by atoms with Crippen molar-refractivity contribution in [3.8, 4) is 5.75 Å². The van der Waals surface area contributed by atoms with Crippen molar-refractivity contribution in [2.24, 2.45) is 0 Å². The van der Waals surface area contributed by atoms with Crippen LogP contribution in [0.5, 0.6) is 5.75 Å². The molecule has 0 amide bonds. The van der Waals surface area contributed by atoms with Crippen LogP contribution < -0.4 is 4.74 Å². The molecular formula is C20H21ClO6. The minimum Gasteiger partial charge on any atom is -0.494 e. The highest BCUT2D eigenvalue weighted by Crippen LogP contribution is 2.36. The fourth-order valence-electron chi connectivity index (χ4n) is 3.06. The maximum atomic E-state index is 11.7. The van der Waals surface area contributed by atoms with Gasteiger partial charge in [-0.2, -0.15) is 0 Å². The summed E-state index contributed by atoms with van der Waals surface area (Å²) in [5.41, 5.74) is 2.17. The Labute approximate surface area is 161 Å². The number of aliphatic hydroxyl groups is 3. The molecular weight excluding hydrogens is 372 g/mol. The molecule has 1 heterocycles. The zero-order valence-electron chi connectivity index (χ0n) is 14.7. The normalized spacial score (nSPS) is 25.1. The van der Waals surface area contributed by atoms with E-state index in [4.69, 9.17) is 21.1 Å². The predicted molar refractivity (Wildman–Crippen MR) is 98.7 cm³/mol. The number of ether oxygens (including phenoxy) is 2. The number of benzene rings is 2. The maximum Gasteiger partial charge on any atom is 0.338 e. The molecule has 0 radical (unpaired) electrons. The van der Waals surface area contributed by atoms with Crippen molar-refractivity contribution in [2.45, 2.75) is 37.8 Å². The van der Waals surface area contributed by atoms with E-state index < -0.39 is 30.4 Å². The molecule has 2 aromatic carbocycles. The van der Waals surface area contributed by atoms with Crippen LogP contribution in [0.4, 0.5) is 0 Å². The van der Waals surface area contributed by atoms with Gasteiger partial charge in [-0.25, -0.2) is 4.79 Å². The summed E-state index contributed by atoms with van der Waals surface area (Å²) < 4.78 is 10.5. The van der Waals surface area contributed by atoms with E-state index in [1.165, 1.54) is 0 Å². The lowest BCUT2D eigenvalue weighted by molar-refractivity contribution is -0.203. The number of carbonyl (C=O) groups excluding carboxylic acids is 1. The molecule has 3 rings (SSSR count). The molecule has 144 valence electrons. The van der Waals surface area contributed by atoms with Crippen LogP contribution in [0.1, 0.15) is 29.7 Å². The summed E-state index contributed by atoms with van der Waals surface area (Å²) >= 11 is 6.50. The molecule has 0 saturated carbocycles. The molecule has 7 heteroatoms. The first kappa shape index (κ1) is 19.6. The molecule has 0 spiro atoms. The van der Waals surface area contributed by atoms with Gasteiger partial charge < -0.3 is 24.8 Å². The second-order valence-corrected chi connectivity index (χ2v) is 6.74. The Morgan fingerprint density at radius 2 is 1.78 bits per heavy atom. The molecule has 2 aromatic rings. The lowest BCUT2D eigenvalue weighted by Gasteiger charge is -2.35. The monoisotopic (exact) mass is 392 g/mol. The van der Waals surface area contributed by atoms with Crippen LogP contribution in [-0.2, 0) is 16.0 Å². The molecule has 1 fully saturated rings. The van der Waals surface area contributed by atoms with Crippen molar-refractivity contribution in [2.75, 3.05) is 6.61 Å². The summed E-state index contributed by atoms with van der Waals surface area (Å²) in [6.45, 7) is 2.51. The molecule has 4 atom stereocenters. The third-order valence-electron chi connectivity index (χ3n) is 4.51. The van der Waals surface area contributed by atoms with Gasteiger partial charge in [-0.1, -0.05) is 41.9 Å². The highest BCUT2D eigenvalue weighted by molar-refractivity contribution is 6.32. The van der Waals surface area contributed by atoms with Gasteiger partial charge in [0.05, 0.1) is 11.6 Å². The van der Waals surface area contributed by atoms with Crippen molar-refractivity contribution in [1.29, 1.82) is 0 Å². The van der Waals surface area contributed by atoms with Crippen LogP contribution >= 0.6 is 11.6 Å². The van der Waals surface area contributed by atoms with Crippen LogP contribution in [-0.4, -0.2) is 46.2 Å². The quantitative estimate of drug-likeness (QED) is 0.674. The average molecular weight is 393 g/mol. The van der Waals surface area contributed by atoms with E-state index in [1.54, 1.807) is 12.1 Å². The molecule has 1 aliphatic heterocycles. The zero-order valence-corrected chi connectivity index (χ0v) is 15.5. The van der Waals surface area contributed by atoms with Gasteiger partial charge in [0.2, 0.25) is 0 Å². The van der Waals surface area contributed by atoms with Crippen LogP contribution in [0.15, 0.2) is 42.5 Å². The molecule has 0 bridgehead atoms. The van der Waals surface area contributed by atoms with Gasteiger partial charge in [-0.15, -0.1) is 0 Å². The molecule has 0 unspecified atom stereocenters. The molecule has 6 nitrogen and oxygen atoms in total. The Balaban J connectivity index is 1.84. The second kappa shape index (κ2) is 8.27. The van der Waals surface area contributed by atoms with Gasteiger partial charge in [0.25, 0.3) is 0 Å². The summed E-state index contributed by atoms with van der Waals surface area (Å²) in [4.78, 5) is 11.7. The fourth-order valence-corrected chi connectivity index (χ4v) is 3.36. The van der Waals surface area contributed by atoms with Crippen molar-refractivity contribution < 1.29 is 29.6 Å². The van der Waals surface area contributed by atoms with Gasteiger partial charge in [0.1, 0.15) is 18.0 Å². The summed E-state index contributed by atoms with van der Waals surface area (Å²) in [5.74, 6) is -0.211. The number of hydrogen-bond acceptors (Lipinski definition) is 6. The number of hydrogen-bond donors (Lipinski definition) is 3. The third-order valence-corrected chi connectivity index (χ3v) is 4.97. The van der Waals surface area contributed by atoms with E-state index in [1.807, 2.05) is 37.3 Å². The Hall–Kier alpha value is -2.12. The van der Waals surface area contributed by atoms with E-state index in [9.17, 15) is 20.1 Å². The Kier molecular flexibility index (Phi) is 6.01. The number of cyclic esters (lactones) is 1. The van der Waals surface area contributed by atoms with Gasteiger partial charge in [0.15, 0.2) is 12.2 Å². The van der Waals surface area contributed by atoms with Crippen LogP contribution in [0, 0.1) is 0 Å². The molecule has 27 heavy (non-hydrogen) atoms. The highest BCUT2D eigenvalue weighted by Gasteiger charge is 2.45. The highest BCUT2D eigenvalue weighted by atomic mass is 35.5. The van der Waals surface area contributed by atoms with Crippen molar-refractivity contribution in [1.82, 2.24) is 0 Å². The van der Waals surface area contributed by atoms with Gasteiger partial charge >= 0.3 is 5.97 Å². The van der Waals surface area contributed by atoms with Crippen LogP contribution in [0.25, 0.3) is 0 Å². The van der Waals surface area contributed by atoms with E-state index in [-0.39, 0.29) is 0 Å². The van der Waals surface area contributed by atoms with E-state index in [2.05, 4.69) is 0 Å². The van der Waals surface area contributed by atoms with Gasteiger partial charge in [-0.3, -0.25) is 0 Å². The number of halogens is 1. The van der Waals surface area contributed by atoms with E-state index >= 15 is 0 Å². The molecule has 0 aliphatic carbocycles. The Morgan fingerprint density at radius 3 is 2.44 bits per heavy atom. The second-order valence-electron chi connectivity index (χ2n) is 6.36. The summed E-state index contributed by atoms with van der Waals surface area (Å²) in [6.07, 6.45) is -5.51. The first-order valence-electron chi connectivity index (χ1n) is 8.66. The number of rotatable bonds is 5. The lowest BCUT2D eigenvalue weighted by atomic mass is 9.92. The van der Waals surface area contributed by atoms with Gasteiger partial charge in [-0.05, 0) is 36.6 Å². The number of carbonyl (C=O) groups is 1. The van der Waals surface area contributed by atoms with Gasteiger partial charge in [0, 0.05) is 5.56 Å². The largest absolute Gasteiger partial charge is 0.494 e. The number of esters is 1. The lowest BCUT2D eigenvalue weighted by Crippen LogP contribution is -2.52. The molecule has 0 aromatic heterocycles. The fraction of sp³-hybridized carbons (Fsp3) is 0.350. The van der Waals surface area contributed by atoms with Crippen molar-refractivity contribution >= 4 is 17.6 Å². The first-order valence-corrected chi connectivity index (χ1v) is 9.04. The minimum absolute atomic E-state index is 0.340. The summed E-state index contributed by atoms with van der Waals surface area (Å²) in [7, 11) is 0. The smallest absolute Gasteiger partial charge is 0.338 e. The molecule has 1 saturated heterocycles. The Bertz CT molecular complexity index is 807. The maximum absolute atomic E-state index is 11.7. The Morgan fingerprint density at radius 1 is 1.07 bits per heavy atom. The van der Waals surface area contributed by atoms with E-state index in [0.717, 1.165) is 16.9 Å². The first-order chi connectivity index (χ1) is 12.9.